The highest BCUT2D eigenvalue weighted by Crippen LogP contribution is 2.34. The van der Waals surface area contributed by atoms with Crippen LogP contribution in [0.5, 0.6) is 5.75 Å². The smallest absolute Gasteiger partial charge is 0.308 e. The molecule has 0 unspecified atom stereocenters. The van der Waals surface area contributed by atoms with E-state index in [9.17, 15) is 9.18 Å². The van der Waals surface area contributed by atoms with Crippen molar-refractivity contribution in [1.82, 2.24) is 29.8 Å². The van der Waals surface area contributed by atoms with Gasteiger partial charge >= 0.3 is 5.97 Å². The van der Waals surface area contributed by atoms with Crippen LogP contribution in [0.4, 0.5) is 4.39 Å². The van der Waals surface area contributed by atoms with Gasteiger partial charge in [0.15, 0.2) is 11.6 Å². The molecule has 8 nitrogen and oxygen atoms in total. The summed E-state index contributed by atoms with van der Waals surface area (Å²) < 4.78 is 23.2. The number of carbonyl (C=O) groups is 1. The van der Waals surface area contributed by atoms with E-state index < -0.39 is 11.8 Å². The molecule has 25 heavy (non-hydrogen) atoms. The van der Waals surface area contributed by atoms with Gasteiger partial charge in [0.05, 0.1) is 18.8 Å². The molecule has 0 radical (unpaired) electrons. The number of hydrogen-bond acceptors (Lipinski definition) is 6. The molecule has 0 aliphatic heterocycles. The highest BCUT2D eigenvalue weighted by molar-refractivity contribution is 5.69. The number of benzene rings is 1. The molecule has 0 aliphatic rings. The van der Waals surface area contributed by atoms with E-state index in [-0.39, 0.29) is 17.7 Å². The van der Waals surface area contributed by atoms with E-state index >= 15 is 0 Å². The van der Waals surface area contributed by atoms with E-state index in [1.54, 1.807) is 40.2 Å². The van der Waals surface area contributed by atoms with E-state index in [0.717, 1.165) is 0 Å². The molecule has 0 amide bonds. The minimum atomic E-state index is -0.576. The summed E-state index contributed by atoms with van der Waals surface area (Å²) in [5.41, 5.74) is 0.400. The molecule has 0 saturated carbocycles. The van der Waals surface area contributed by atoms with Gasteiger partial charge in [-0.15, -0.1) is 5.10 Å². The van der Waals surface area contributed by atoms with Gasteiger partial charge in [-0.3, -0.25) is 9.48 Å². The number of aromatic nitrogens is 6. The van der Waals surface area contributed by atoms with Gasteiger partial charge in [0.2, 0.25) is 0 Å². The largest absolute Gasteiger partial charge is 0.424 e. The molecule has 0 spiro atoms. The highest BCUT2D eigenvalue weighted by Gasteiger charge is 2.27. The Labute approximate surface area is 143 Å². The van der Waals surface area contributed by atoms with Crippen LogP contribution in [0.1, 0.15) is 31.4 Å². The number of rotatable bonds is 6. The Morgan fingerprint density at radius 2 is 2.24 bits per heavy atom. The van der Waals surface area contributed by atoms with Crippen LogP contribution >= 0.6 is 0 Å². The van der Waals surface area contributed by atoms with Gasteiger partial charge in [-0.05, 0) is 18.6 Å². The van der Waals surface area contributed by atoms with E-state index in [1.807, 2.05) is 6.92 Å². The third kappa shape index (κ3) is 3.70. The first-order valence-electron chi connectivity index (χ1n) is 7.71. The van der Waals surface area contributed by atoms with Gasteiger partial charge in [-0.2, -0.15) is 5.10 Å². The third-order valence-electron chi connectivity index (χ3n) is 3.94. The fourth-order valence-corrected chi connectivity index (χ4v) is 2.71. The minimum Gasteiger partial charge on any atom is -0.424 e. The molecule has 3 rings (SSSR count). The van der Waals surface area contributed by atoms with Gasteiger partial charge < -0.3 is 4.74 Å². The van der Waals surface area contributed by atoms with E-state index in [4.69, 9.17) is 4.74 Å². The minimum absolute atomic E-state index is 0.0978. The molecule has 3 aromatic rings. The van der Waals surface area contributed by atoms with Crippen molar-refractivity contribution in [3.05, 3.63) is 54.6 Å². The molecule has 2 atom stereocenters. The first-order valence-corrected chi connectivity index (χ1v) is 7.71. The predicted molar refractivity (Wildman–Crippen MR) is 85.2 cm³/mol. The third-order valence-corrected chi connectivity index (χ3v) is 3.94. The molecule has 0 aliphatic carbocycles. The predicted octanol–water partition coefficient (Wildman–Crippen LogP) is 1.98. The Hall–Kier alpha value is -3.10. The van der Waals surface area contributed by atoms with Crippen molar-refractivity contribution in [2.75, 3.05) is 0 Å². The fraction of sp³-hybridized carbons (Fsp3) is 0.312. The van der Waals surface area contributed by atoms with Crippen LogP contribution in [0, 0.1) is 5.82 Å². The zero-order valence-electron chi connectivity index (χ0n) is 13.8. The number of carbonyl (C=O) groups excluding carboxylic acids is 1. The second kappa shape index (κ2) is 7.20. The molecular formula is C16H17FN6O2. The van der Waals surface area contributed by atoms with Crippen molar-refractivity contribution >= 4 is 5.97 Å². The molecule has 130 valence electrons. The van der Waals surface area contributed by atoms with Crippen LogP contribution in [-0.2, 0) is 11.3 Å². The lowest BCUT2D eigenvalue weighted by Gasteiger charge is -2.25. The topological polar surface area (TPSA) is 87.7 Å². The average Bonchev–Trinajstić information content (AvgIpc) is 3.27. The van der Waals surface area contributed by atoms with Crippen LogP contribution < -0.4 is 4.74 Å². The molecule has 2 heterocycles. The maximum Gasteiger partial charge on any atom is 0.308 e. The lowest BCUT2D eigenvalue weighted by atomic mass is 9.91. The summed E-state index contributed by atoms with van der Waals surface area (Å²) in [6.07, 6.45) is 6.26. The van der Waals surface area contributed by atoms with Gasteiger partial charge in [0, 0.05) is 19.0 Å². The number of esters is 1. The summed E-state index contributed by atoms with van der Waals surface area (Å²) in [5, 5.41) is 11.9. The van der Waals surface area contributed by atoms with Crippen molar-refractivity contribution in [2.45, 2.75) is 32.4 Å². The summed E-state index contributed by atoms with van der Waals surface area (Å²) in [6.45, 7) is 3.52. The first kappa shape index (κ1) is 16.7. The molecule has 0 N–H and O–H groups in total. The van der Waals surface area contributed by atoms with Crippen LogP contribution in [0.2, 0.25) is 0 Å². The maximum absolute atomic E-state index is 14.9. The molecule has 0 bridgehead atoms. The number of hydrogen-bond donors (Lipinski definition) is 0. The molecular weight excluding hydrogens is 327 g/mol. The Morgan fingerprint density at radius 3 is 2.88 bits per heavy atom. The second-order valence-corrected chi connectivity index (χ2v) is 5.60. The van der Waals surface area contributed by atoms with Crippen LogP contribution in [0.25, 0.3) is 0 Å². The SMILES string of the molecule is CC(=O)Oc1cccc([C@H](Cn2cncn2)[C@@H](C)n2ccnn2)c1F. The summed E-state index contributed by atoms with van der Waals surface area (Å²) in [5.74, 6) is -1.58. The lowest BCUT2D eigenvalue weighted by molar-refractivity contribution is -0.132. The summed E-state index contributed by atoms with van der Waals surface area (Å²) in [7, 11) is 0. The van der Waals surface area contributed by atoms with Gasteiger partial charge in [-0.1, -0.05) is 17.3 Å². The average molecular weight is 344 g/mol. The Kier molecular flexibility index (Phi) is 4.82. The van der Waals surface area contributed by atoms with Crippen molar-refractivity contribution in [3.8, 4) is 5.75 Å². The number of halogens is 1. The van der Waals surface area contributed by atoms with Crippen molar-refractivity contribution in [3.63, 3.8) is 0 Å². The van der Waals surface area contributed by atoms with Gasteiger partial charge in [-0.25, -0.2) is 14.1 Å². The molecule has 1 aromatic carbocycles. The quantitative estimate of drug-likeness (QED) is 0.502. The monoisotopic (exact) mass is 344 g/mol. The van der Waals surface area contributed by atoms with Crippen molar-refractivity contribution in [2.24, 2.45) is 0 Å². The van der Waals surface area contributed by atoms with Gasteiger partial charge in [0.1, 0.15) is 12.7 Å². The Bertz CT molecular complexity index is 834. The molecule has 9 heteroatoms. The second-order valence-electron chi connectivity index (χ2n) is 5.60. The number of nitrogens with zero attached hydrogens (tertiary/aromatic N) is 6. The molecule has 2 aromatic heterocycles. The van der Waals surface area contributed by atoms with E-state index in [2.05, 4.69) is 20.4 Å². The lowest BCUT2D eigenvalue weighted by Crippen LogP contribution is -2.22. The van der Waals surface area contributed by atoms with Gasteiger partial charge in [0.25, 0.3) is 0 Å². The maximum atomic E-state index is 14.9. The molecule has 0 saturated heterocycles. The van der Waals surface area contributed by atoms with Crippen LogP contribution in [-0.4, -0.2) is 35.7 Å². The summed E-state index contributed by atoms with van der Waals surface area (Å²) in [4.78, 5) is 15.1. The van der Waals surface area contributed by atoms with E-state index in [1.165, 1.54) is 19.3 Å². The Balaban J connectivity index is 2.00. The molecule has 0 fully saturated rings. The zero-order chi connectivity index (χ0) is 17.8. The standard InChI is InChI=1S/C16H17FN6O2/c1-11(23-7-6-19-21-23)14(8-22-10-18-9-20-22)13-4-3-5-15(16(13)17)25-12(2)24/h3-7,9-11,14H,8H2,1-2H3/t11-,14-/m1/s1. The summed E-state index contributed by atoms with van der Waals surface area (Å²) >= 11 is 0. The van der Waals surface area contributed by atoms with E-state index in [0.29, 0.717) is 12.1 Å². The van der Waals surface area contributed by atoms with Crippen LogP contribution in [0.3, 0.4) is 0 Å². The van der Waals surface area contributed by atoms with Crippen molar-refractivity contribution in [1.29, 1.82) is 0 Å². The first-order chi connectivity index (χ1) is 12.1. The summed E-state index contributed by atoms with van der Waals surface area (Å²) in [6, 6.07) is 4.53. The number of ether oxygens (including phenoxy) is 1. The van der Waals surface area contributed by atoms with Crippen molar-refractivity contribution < 1.29 is 13.9 Å². The Morgan fingerprint density at radius 1 is 1.40 bits per heavy atom. The highest BCUT2D eigenvalue weighted by atomic mass is 19.1. The zero-order valence-corrected chi connectivity index (χ0v) is 13.8. The normalized spacial score (nSPS) is 13.4. The van der Waals surface area contributed by atoms with Crippen LogP contribution in [0.15, 0.2) is 43.2 Å². The fourth-order valence-electron chi connectivity index (χ4n) is 2.71.